The first-order valence-corrected chi connectivity index (χ1v) is 7.52. The molecular formula is C15H14ClNO3S. The lowest BCUT2D eigenvalue weighted by Crippen LogP contribution is -2.24. The van der Waals surface area contributed by atoms with Crippen LogP contribution < -0.4 is 0 Å². The zero-order chi connectivity index (χ0) is 15.6. The van der Waals surface area contributed by atoms with Crippen LogP contribution in [0.4, 0.5) is 0 Å². The predicted octanol–water partition coefficient (Wildman–Crippen LogP) is 3.84. The number of carbonyl (C=O) groups excluding carboxylic acids is 2. The fourth-order valence-electron chi connectivity index (χ4n) is 1.84. The maximum atomic E-state index is 12.2. The van der Waals surface area contributed by atoms with Gasteiger partial charge in [-0.05, 0) is 45.0 Å². The summed E-state index contributed by atoms with van der Waals surface area (Å²) in [7, 11) is 0. The molecule has 0 saturated heterocycles. The standard InChI is InChI=1S/C15H14ClNO3S/c1-8-14(21-10(3)17-8)15(19)20-9(2)13(18)11-4-6-12(16)7-5-11/h4-7,9H,1-3H3. The van der Waals surface area contributed by atoms with Crippen molar-refractivity contribution in [2.75, 3.05) is 0 Å². The van der Waals surface area contributed by atoms with Gasteiger partial charge in [0.25, 0.3) is 0 Å². The van der Waals surface area contributed by atoms with Crippen LogP contribution in [0.3, 0.4) is 0 Å². The van der Waals surface area contributed by atoms with Gasteiger partial charge in [-0.3, -0.25) is 4.79 Å². The van der Waals surface area contributed by atoms with E-state index < -0.39 is 12.1 Å². The number of thiazole rings is 1. The maximum absolute atomic E-state index is 12.2. The second-order valence-electron chi connectivity index (χ2n) is 4.57. The number of benzene rings is 1. The van der Waals surface area contributed by atoms with Crippen molar-refractivity contribution < 1.29 is 14.3 Å². The third-order valence-corrected chi connectivity index (χ3v) is 4.18. The van der Waals surface area contributed by atoms with Crippen LogP contribution in [0, 0.1) is 13.8 Å². The number of halogens is 1. The summed E-state index contributed by atoms with van der Waals surface area (Å²) in [6.07, 6.45) is -0.861. The van der Waals surface area contributed by atoms with Crippen LogP contribution in [0.2, 0.25) is 5.02 Å². The van der Waals surface area contributed by atoms with Crippen molar-refractivity contribution >= 4 is 34.7 Å². The van der Waals surface area contributed by atoms with Crippen molar-refractivity contribution in [1.29, 1.82) is 0 Å². The third kappa shape index (κ3) is 3.68. The number of carbonyl (C=O) groups is 2. The lowest BCUT2D eigenvalue weighted by Gasteiger charge is -2.11. The van der Waals surface area contributed by atoms with E-state index in [0.29, 0.717) is 21.2 Å². The first-order valence-electron chi connectivity index (χ1n) is 6.33. The van der Waals surface area contributed by atoms with Gasteiger partial charge in [-0.15, -0.1) is 11.3 Å². The highest BCUT2D eigenvalue weighted by Gasteiger charge is 2.23. The number of aromatic nitrogens is 1. The van der Waals surface area contributed by atoms with E-state index in [9.17, 15) is 9.59 Å². The molecule has 0 aliphatic rings. The largest absolute Gasteiger partial charge is 0.450 e. The normalized spacial score (nSPS) is 12.0. The molecule has 6 heteroatoms. The van der Waals surface area contributed by atoms with Crippen LogP contribution in [0.5, 0.6) is 0 Å². The van der Waals surface area contributed by atoms with Crippen molar-refractivity contribution in [3.05, 3.63) is 50.4 Å². The Balaban J connectivity index is 2.08. The van der Waals surface area contributed by atoms with Crippen LogP contribution in [0.15, 0.2) is 24.3 Å². The smallest absolute Gasteiger partial charge is 0.350 e. The van der Waals surface area contributed by atoms with E-state index in [0.717, 1.165) is 5.01 Å². The van der Waals surface area contributed by atoms with E-state index in [-0.39, 0.29) is 5.78 Å². The van der Waals surface area contributed by atoms with E-state index in [4.69, 9.17) is 16.3 Å². The molecule has 0 N–H and O–H groups in total. The molecule has 21 heavy (non-hydrogen) atoms. The zero-order valence-corrected chi connectivity index (χ0v) is 13.4. The molecule has 4 nitrogen and oxygen atoms in total. The summed E-state index contributed by atoms with van der Waals surface area (Å²) in [6.45, 7) is 5.11. The molecule has 1 unspecified atom stereocenters. The van der Waals surface area contributed by atoms with Gasteiger partial charge in [-0.25, -0.2) is 9.78 Å². The minimum absolute atomic E-state index is 0.265. The monoisotopic (exact) mass is 323 g/mol. The minimum Gasteiger partial charge on any atom is -0.450 e. The number of ether oxygens (including phenoxy) is 1. The predicted molar refractivity (Wildman–Crippen MR) is 82.2 cm³/mol. The van der Waals surface area contributed by atoms with Gasteiger partial charge in [0.15, 0.2) is 6.10 Å². The van der Waals surface area contributed by atoms with Crippen molar-refractivity contribution in [3.63, 3.8) is 0 Å². The Morgan fingerprint density at radius 1 is 1.24 bits per heavy atom. The van der Waals surface area contributed by atoms with E-state index >= 15 is 0 Å². The highest BCUT2D eigenvalue weighted by Crippen LogP contribution is 2.19. The topological polar surface area (TPSA) is 56.3 Å². The van der Waals surface area contributed by atoms with E-state index in [1.807, 2.05) is 6.92 Å². The molecule has 110 valence electrons. The molecule has 0 spiro atoms. The molecule has 1 heterocycles. The molecule has 2 aromatic rings. The average molecular weight is 324 g/mol. The Hall–Kier alpha value is -1.72. The number of hydrogen-bond acceptors (Lipinski definition) is 5. The quantitative estimate of drug-likeness (QED) is 0.633. The summed E-state index contributed by atoms with van der Waals surface area (Å²) in [4.78, 5) is 28.8. The highest BCUT2D eigenvalue weighted by atomic mass is 35.5. The number of rotatable bonds is 4. The van der Waals surface area contributed by atoms with Gasteiger partial charge >= 0.3 is 5.97 Å². The zero-order valence-electron chi connectivity index (χ0n) is 11.8. The lowest BCUT2D eigenvalue weighted by atomic mass is 10.1. The van der Waals surface area contributed by atoms with E-state index in [2.05, 4.69) is 4.98 Å². The van der Waals surface area contributed by atoms with Crippen molar-refractivity contribution in [1.82, 2.24) is 4.98 Å². The molecule has 1 aromatic carbocycles. The fraction of sp³-hybridized carbons (Fsp3) is 0.267. The summed E-state index contributed by atoms with van der Waals surface area (Å²) in [6, 6.07) is 6.47. The molecule has 2 rings (SSSR count). The molecule has 1 aromatic heterocycles. The van der Waals surface area contributed by atoms with Gasteiger partial charge in [0.1, 0.15) is 4.88 Å². The second-order valence-corrected chi connectivity index (χ2v) is 6.21. The van der Waals surface area contributed by atoms with Crippen LogP contribution in [0.1, 0.15) is 37.7 Å². The lowest BCUT2D eigenvalue weighted by molar-refractivity contribution is 0.0322. The van der Waals surface area contributed by atoms with E-state index in [1.165, 1.54) is 11.3 Å². The Morgan fingerprint density at radius 2 is 1.86 bits per heavy atom. The van der Waals surface area contributed by atoms with Crippen LogP contribution in [0.25, 0.3) is 0 Å². The molecule has 0 fully saturated rings. The van der Waals surface area contributed by atoms with Gasteiger partial charge in [0.2, 0.25) is 5.78 Å². The highest BCUT2D eigenvalue weighted by molar-refractivity contribution is 7.13. The first-order chi connectivity index (χ1) is 9.88. The molecule has 0 radical (unpaired) electrons. The Morgan fingerprint density at radius 3 is 2.38 bits per heavy atom. The summed E-state index contributed by atoms with van der Waals surface area (Å²) >= 11 is 7.04. The summed E-state index contributed by atoms with van der Waals surface area (Å²) in [5, 5.41) is 1.34. The molecular weight excluding hydrogens is 310 g/mol. The maximum Gasteiger partial charge on any atom is 0.350 e. The molecule has 0 amide bonds. The molecule has 0 aliphatic heterocycles. The molecule has 1 atom stereocenters. The summed E-state index contributed by atoms with van der Waals surface area (Å²) < 4.78 is 5.23. The van der Waals surface area contributed by atoms with Gasteiger partial charge in [-0.1, -0.05) is 11.6 Å². The van der Waals surface area contributed by atoms with Crippen LogP contribution in [-0.2, 0) is 4.74 Å². The first kappa shape index (κ1) is 15.7. The SMILES string of the molecule is Cc1nc(C)c(C(=O)OC(C)C(=O)c2ccc(Cl)cc2)s1. The fourth-order valence-corrected chi connectivity index (χ4v) is 2.77. The van der Waals surface area contributed by atoms with Crippen molar-refractivity contribution in [2.24, 2.45) is 0 Å². The Kier molecular flexibility index (Phi) is 4.75. The van der Waals surface area contributed by atoms with Gasteiger partial charge in [-0.2, -0.15) is 0 Å². The van der Waals surface area contributed by atoms with Gasteiger partial charge in [0.05, 0.1) is 10.7 Å². The molecule has 0 saturated carbocycles. The Labute approximate surface area is 131 Å². The van der Waals surface area contributed by atoms with Gasteiger partial charge < -0.3 is 4.74 Å². The summed E-state index contributed by atoms with van der Waals surface area (Å²) in [5.74, 6) is -0.785. The number of hydrogen-bond donors (Lipinski definition) is 0. The van der Waals surface area contributed by atoms with Gasteiger partial charge in [0, 0.05) is 10.6 Å². The van der Waals surface area contributed by atoms with Crippen LogP contribution in [-0.4, -0.2) is 22.8 Å². The number of aryl methyl sites for hydroxylation is 2. The number of esters is 1. The minimum atomic E-state index is -0.861. The van der Waals surface area contributed by atoms with E-state index in [1.54, 1.807) is 38.1 Å². The number of Topliss-reactive ketones (excluding diaryl/α,β-unsaturated/α-hetero) is 1. The second kappa shape index (κ2) is 6.37. The molecule has 0 bridgehead atoms. The van der Waals surface area contributed by atoms with Crippen molar-refractivity contribution in [2.45, 2.75) is 26.9 Å². The summed E-state index contributed by atoms with van der Waals surface area (Å²) in [5.41, 5.74) is 1.07. The third-order valence-electron chi connectivity index (χ3n) is 2.87. The number of ketones is 1. The van der Waals surface area contributed by atoms with Crippen molar-refractivity contribution in [3.8, 4) is 0 Å². The van der Waals surface area contributed by atoms with Crippen LogP contribution >= 0.6 is 22.9 Å². The Bertz CT molecular complexity index is 679. The average Bonchev–Trinajstić information content (AvgIpc) is 2.77. The molecule has 0 aliphatic carbocycles. The number of nitrogens with zero attached hydrogens (tertiary/aromatic N) is 1.